The number of hydrogen-bond acceptors (Lipinski definition) is 3. The van der Waals surface area contributed by atoms with E-state index in [4.69, 9.17) is 0 Å². The second-order valence-corrected chi connectivity index (χ2v) is 6.67. The zero-order chi connectivity index (χ0) is 18.8. The lowest BCUT2D eigenvalue weighted by molar-refractivity contribution is 0.0952. The van der Waals surface area contributed by atoms with Crippen molar-refractivity contribution in [1.29, 1.82) is 0 Å². The normalized spacial score (nSPS) is 10.9. The molecular weight excluding hydrogens is 326 g/mol. The first-order valence-corrected chi connectivity index (χ1v) is 8.72. The van der Waals surface area contributed by atoms with Crippen molar-refractivity contribution in [3.63, 3.8) is 0 Å². The first-order valence-electron chi connectivity index (χ1n) is 8.72. The predicted molar refractivity (Wildman–Crippen MR) is 104 cm³/mol. The van der Waals surface area contributed by atoms with Crippen LogP contribution in [0.1, 0.15) is 38.4 Å². The topological polar surface area (TPSA) is 74.8 Å². The third-order valence-corrected chi connectivity index (χ3v) is 4.90. The molecule has 5 heteroatoms. The lowest BCUT2D eigenvalue weighted by Gasteiger charge is -2.15. The van der Waals surface area contributed by atoms with E-state index in [2.05, 4.69) is 21.4 Å². The van der Waals surface area contributed by atoms with E-state index in [0.29, 0.717) is 29.7 Å². The number of aryl methyl sites for hydroxylation is 2. The van der Waals surface area contributed by atoms with Gasteiger partial charge in [-0.25, -0.2) is 4.98 Å². The molecule has 0 fully saturated rings. The molecule has 2 N–H and O–H groups in total. The fraction of sp³-hybridized carbons (Fsp3) is 0.286. The molecule has 134 valence electrons. The molecule has 3 aromatic rings. The Kier molecular flexibility index (Phi) is 4.89. The lowest BCUT2D eigenvalue weighted by atomic mass is 9.94. The summed E-state index contributed by atoms with van der Waals surface area (Å²) in [6.45, 7) is 8.38. The van der Waals surface area contributed by atoms with E-state index < -0.39 is 0 Å². The Balaban J connectivity index is 1.75. The average Bonchev–Trinajstić information content (AvgIpc) is 2.60. The van der Waals surface area contributed by atoms with Gasteiger partial charge in [0.1, 0.15) is 5.82 Å². The van der Waals surface area contributed by atoms with Crippen molar-refractivity contribution in [2.75, 3.05) is 6.54 Å². The van der Waals surface area contributed by atoms with E-state index in [1.807, 2.05) is 45.9 Å². The summed E-state index contributed by atoms with van der Waals surface area (Å²) >= 11 is 0. The maximum Gasteiger partial charge on any atom is 0.258 e. The Morgan fingerprint density at radius 1 is 1.08 bits per heavy atom. The van der Waals surface area contributed by atoms with Gasteiger partial charge in [-0.05, 0) is 62.1 Å². The number of aromatic nitrogens is 2. The highest BCUT2D eigenvalue weighted by molar-refractivity contribution is 5.97. The van der Waals surface area contributed by atoms with Gasteiger partial charge in [-0.15, -0.1) is 0 Å². The molecule has 2 aromatic carbocycles. The molecule has 0 atom stereocenters. The van der Waals surface area contributed by atoms with Crippen LogP contribution in [-0.4, -0.2) is 22.4 Å². The van der Waals surface area contributed by atoms with E-state index in [0.717, 1.165) is 27.8 Å². The largest absolute Gasteiger partial charge is 0.352 e. The minimum absolute atomic E-state index is 0.0880. The van der Waals surface area contributed by atoms with Crippen LogP contribution in [0.2, 0.25) is 0 Å². The van der Waals surface area contributed by atoms with Gasteiger partial charge < -0.3 is 10.3 Å². The van der Waals surface area contributed by atoms with Crippen LogP contribution in [0.15, 0.2) is 35.1 Å². The number of para-hydroxylation sites is 1. The average molecular weight is 349 g/mol. The monoisotopic (exact) mass is 349 g/mol. The lowest BCUT2D eigenvalue weighted by Crippen LogP contribution is -2.28. The molecule has 0 bridgehead atoms. The van der Waals surface area contributed by atoms with Crippen LogP contribution in [0.3, 0.4) is 0 Å². The highest BCUT2D eigenvalue weighted by Gasteiger charge is 2.15. The number of nitrogens with zero attached hydrogens (tertiary/aromatic N) is 1. The van der Waals surface area contributed by atoms with Gasteiger partial charge in [-0.3, -0.25) is 9.59 Å². The number of amides is 1. The minimum Gasteiger partial charge on any atom is -0.352 e. The molecule has 0 radical (unpaired) electrons. The molecule has 0 aliphatic heterocycles. The van der Waals surface area contributed by atoms with E-state index in [1.165, 1.54) is 0 Å². The number of carbonyl (C=O) groups excluding carboxylic acids is 1. The summed E-state index contributed by atoms with van der Waals surface area (Å²) in [5.74, 6) is 0.484. The summed E-state index contributed by atoms with van der Waals surface area (Å²) in [6.07, 6.45) is 0.467. The van der Waals surface area contributed by atoms with Gasteiger partial charge in [0.2, 0.25) is 0 Å². The molecule has 0 aliphatic rings. The number of aromatic amines is 1. The zero-order valence-corrected chi connectivity index (χ0v) is 15.6. The summed E-state index contributed by atoms with van der Waals surface area (Å²) in [5.41, 5.74) is 5.47. The highest BCUT2D eigenvalue weighted by Crippen LogP contribution is 2.21. The molecule has 1 heterocycles. The van der Waals surface area contributed by atoms with Crippen molar-refractivity contribution in [1.82, 2.24) is 15.3 Å². The first-order chi connectivity index (χ1) is 12.4. The number of benzene rings is 2. The predicted octanol–water partition coefficient (Wildman–Crippen LogP) is 3.13. The van der Waals surface area contributed by atoms with Crippen molar-refractivity contribution in [3.05, 3.63) is 74.3 Å². The Morgan fingerprint density at radius 3 is 2.42 bits per heavy atom. The maximum absolute atomic E-state index is 12.7. The number of fused-ring (bicyclic) bond motifs is 1. The molecule has 3 rings (SSSR count). The van der Waals surface area contributed by atoms with E-state index in [9.17, 15) is 9.59 Å². The Hall–Kier alpha value is -2.95. The fourth-order valence-corrected chi connectivity index (χ4v) is 3.19. The van der Waals surface area contributed by atoms with Gasteiger partial charge in [-0.1, -0.05) is 18.2 Å². The second kappa shape index (κ2) is 7.12. The van der Waals surface area contributed by atoms with Crippen LogP contribution in [0.5, 0.6) is 0 Å². The van der Waals surface area contributed by atoms with Crippen molar-refractivity contribution in [2.45, 2.75) is 34.1 Å². The molecule has 0 saturated carbocycles. The summed E-state index contributed by atoms with van der Waals surface area (Å²) in [6, 6.07) is 9.33. The van der Waals surface area contributed by atoms with Crippen molar-refractivity contribution < 1.29 is 4.79 Å². The summed E-state index contributed by atoms with van der Waals surface area (Å²) < 4.78 is 0. The van der Waals surface area contributed by atoms with Crippen LogP contribution < -0.4 is 10.9 Å². The van der Waals surface area contributed by atoms with Gasteiger partial charge in [-0.2, -0.15) is 0 Å². The zero-order valence-electron chi connectivity index (χ0n) is 15.6. The third-order valence-electron chi connectivity index (χ3n) is 4.90. The standard InChI is InChI=1S/C21H23N3O2/c1-12-11-13(2)15(4)19(14(12)3)21(26)22-10-9-18-23-17-8-6-5-7-16(17)20(25)24-18/h5-8,11H,9-10H2,1-4H3,(H,22,26)(H,23,24,25). The Bertz CT molecular complexity index is 1020. The van der Waals surface area contributed by atoms with Crippen molar-refractivity contribution in [3.8, 4) is 0 Å². The Morgan fingerprint density at radius 2 is 1.73 bits per heavy atom. The molecule has 0 aliphatic carbocycles. The van der Waals surface area contributed by atoms with Gasteiger partial charge in [0.05, 0.1) is 10.9 Å². The number of H-pyrrole nitrogens is 1. The number of rotatable bonds is 4. The van der Waals surface area contributed by atoms with Crippen LogP contribution in [0.4, 0.5) is 0 Å². The van der Waals surface area contributed by atoms with E-state index in [1.54, 1.807) is 6.07 Å². The van der Waals surface area contributed by atoms with Gasteiger partial charge in [0, 0.05) is 18.5 Å². The highest BCUT2D eigenvalue weighted by atomic mass is 16.1. The van der Waals surface area contributed by atoms with E-state index >= 15 is 0 Å². The summed E-state index contributed by atoms with van der Waals surface area (Å²) in [7, 11) is 0. The van der Waals surface area contributed by atoms with E-state index in [-0.39, 0.29) is 11.5 Å². The molecule has 0 saturated heterocycles. The van der Waals surface area contributed by atoms with Crippen LogP contribution >= 0.6 is 0 Å². The smallest absolute Gasteiger partial charge is 0.258 e. The van der Waals surface area contributed by atoms with Gasteiger partial charge in [0.25, 0.3) is 11.5 Å². The SMILES string of the molecule is Cc1cc(C)c(C)c(C(=O)NCCc2nc3ccccc3c(=O)[nH]2)c1C. The van der Waals surface area contributed by atoms with Crippen molar-refractivity contribution in [2.24, 2.45) is 0 Å². The molecule has 0 unspecified atom stereocenters. The minimum atomic E-state index is -0.155. The van der Waals surface area contributed by atoms with Gasteiger partial charge in [0.15, 0.2) is 0 Å². The third kappa shape index (κ3) is 3.38. The molecule has 5 nitrogen and oxygen atoms in total. The number of nitrogens with one attached hydrogen (secondary N) is 2. The number of carbonyl (C=O) groups is 1. The molecule has 0 spiro atoms. The van der Waals surface area contributed by atoms with Crippen LogP contribution in [0, 0.1) is 27.7 Å². The summed E-state index contributed by atoms with van der Waals surface area (Å²) in [5, 5.41) is 3.52. The fourth-order valence-electron chi connectivity index (χ4n) is 3.19. The summed E-state index contributed by atoms with van der Waals surface area (Å²) in [4.78, 5) is 32.0. The van der Waals surface area contributed by atoms with Crippen LogP contribution in [-0.2, 0) is 6.42 Å². The quantitative estimate of drug-likeness (QED) is 0.760. The molecule has 1 amide bonds. The first kappa shape index (κ1) is 17.9. The second-order valence-electron chi connectivity index (χ2n) is 6.67. The van der Waals surface area contributed by atoms with Crippen LogP contribution in [0.25, 0.3) is 10.9 Å². The molecular formula is C21H23N3O2. The maximum atomic E-state index is 12.7. The Labute approximate surface area is 152 Å². The number of hydrogen-bond donors (Lipinski definition) is 2. The van der Waals surface area contributed by atoms with Crippen molar-refractivity contribution >= 4 is 16.8 Å². The van der Waals surface area contributed by atoms with Gasteiger partial charge >= 0.3 is 0 Å². The molecule has 1 aromatic heterocycles. The molecule has 26 heavy (non-hydrogen) atoms.